The van der Waals surface area contributed by atoms with Crippen molar-refractivity contribution in [2.24, 2.45) is 11.8 Å². The maximum absolute atomic E-state index is 13.8. The minimum absolute atomic E-state index is 0.185. The Morgan fingerprint density at radius 2 is 1.84 bits per heavy atom. The van der Waals surface area contributed by atoms with Gasteiger partial charge >= 0.3 is 0 Å². The van der Waals surface area contributed by atoms with E-state index in [-0.39, 0.29) is 5.56 Å². The lowest BCUT2D eigenvalue weighted by Crippen LogP contribution is -2.25. The van der Waals surface area contributed by atoms with Crippen molar-refractivity contribution in [3.8, 4) is 0 Å². The third kappa shape index (κ3) is 5.57. The molecule has 0 heterocycles. The average molecular weight is 334 g/mol. The Morgan fingerprint density at radius 1 is 1.16 bits per heavy atom. The van der Waals surface area contributed by atoms with Gasteiger partial charge in [0.15, 0.2) is 0 Å². The number of halogens is 3. The normalized spacial score (nSPS) is 13.0. The summed E-state index contributed by atoms with van der Waals surface area (Å²) < 4.78 is 27.7. The van der Waals surface area contributed by atoms with Crippen LogP contribution in [0.5, 0.6) is 0 Å². The summed E-state index contributed by atoms with van der Waals surface area (Å²) in [6, 6.07) is 2.71. The molecule has 0 aliphatic rings. The number of hydrogen-bond donors (Lipinski definition) is 1. The molecular weight excluding hydrogens is 312 g/mol. The summed E-state index contributed by atoms with van der Waals surface area (Å²) in [5.41, 5.74) is 0.185. The van der Waals surface area contributed by atoms with Gasteiger partial charge in [-0.15, -0.1) is 0 Å². The Balaban J connectivity index is 2.46. The van der Waals surface area contributed by atoms with Gasteiger partial charge in [0.2, 0.25) is 0 Å². The molecule has 0 aromatic heterocycles. The molecule has 1 aromatic carbocycles. The summed E-state index contributed by atoms with van der Waals surface area (Å²) in [5, 5.41) is 3.36. The fourth-order valence-corrected chi connectivity index (χ4v) is 2.28. The summed E-state index contributed by atoms with van der Waals surface area (Å²) in [5.74, 6) is 0.0917. The minimum Gasteiger partial charge on any atom is -0.316 e. The van der Waals surface area contributed by atoms with Gasteiger partial charge in [-0.1, -0.05) is 20.8 Å². The van der Waals surface area contributed by atoms with Gasteiger partial charge in [0, 0.05) is 5.56 Å². The maximum atomic E-state index is 13.8. The van der Waals surface area contributed by atoms with Crippen molar-refractivity contribution in [2.45, 2.75) is 33.6 Å². The van der Waals surface area contributed by atoms with Crippen molar-refractivity contribution in [1.29, 1.82) is 0 Å². The molecule has 0 aliphatic carbocycles. The number of nitrogens with one attached hydrogen (secondary N) is 1. The van der Waals surface area contributed by atoms with E-state index >= 15 is 0 Å². The SMILES string of the molecule is CC(C)CNCC(C)CCc1c(F)ccc(Br)c1F. The molecule has 1 unspecified atom stereocenters. The van der Waals surface area contributed by atoms with Gasteiger partial charge < -0.3 is 5.32 Å². The first-order valence-corrected chi connectivity index (χ1v) is 7.54. The lowest BCUT2D eigenvalue weighted by molar-refractivity contribution is 0.445. The first kappa shape index (κ1) is 16.6. The molecule has 0 aliphatic heterocycles. The number of hydrogen-bond acceptors (Lipinski definition) is 1. The van der Waals surface area contributed by atoms with Crippen molar-refractivity contribution in [3.05, 3.63) is 33.8 Å². The highest BCUT2D eigenvalue weighted by Crippen LogP contribution is 2.23. The van der Waals surface area contributed by atoms with E-state index in [9.17, 15) is 8.78 Å². The monoisotopic (exact) mass is 333 g/mol. The standard InChI is InChI=1S/C15H22BrF2N/c1-10(2)8-19-9-11(3)4-5-12-14(17)7-6-13(16)15(12)18/h6-7,10-11,19H,4-5,8-9H2,1-3H3. The lowest BCUT2D eigenvalue weighted by atomic mass is 10.00. The van der Waals surface area contributed by atoms with E-state index in [0.717, 1.165) is 19.5 Å². The zero-order valence-electron chi connectivity index (χ0n) is 11.8. The van der Waals surface area contributed by atoms with E-state index in [0.29, 0.717) is 22.7 Å². The van der Waals surface area contributed by atoms with Crippen LogP contribution in [-0.2, 0) is 6.42 Å². The second kappa shape index (κ2) is 7.95. The third-order valence-corrected chi connectivity index (χ3v) is 3.68. The van der Waals surface area contributed by atoms with Crippen LogP contribution in [0.15, 0.2) is 16.6 Å². The van der Waals surface area contributed by atoms with Crippen LogP contribution < -0.4 is 5.32 Å². The van der Waals surface area contributed by atoms with E-state index in [4.69, 9.17) is 0 Å². The van der Waals surface area contributed by atoms with Crippen molar-refractivity contribution < 1.29 is 8.78 Å². The zero-order valence-corrected chi connectivity index (χ0v) is 13.4. The molecule has 0 bridgehead atoms. The molecule has 0 amide bonds. The van der Waals surface area contributed by atoms with Gasteiger partial charge in [0.25, 0.3) is 0 Å². The zero-order chi connectivity index (χ0) is 14.4. The van der Waals surface area contributed by atoms with Crippen LogP contribution >= 0.6 is 15.9 Å². The highest BCUT2D eigenvalue weighted by molar-refractivity contribution is 9.10. The number of rotatable bonds is 7. The summed E-state index contributed by atoms with van der Waals surface area (Å²) >= 11 is 3.09. The van der Waals surface area contributed by atoms with Crippen LogP contribution in [-0.4, -0.2) is 13.1 Å². The smallest absolute Gasteiger partial charge is 0.143 e. The molecule has 1 atom stereocenters. The molecule has 4 heteroatoms. The highest BCUT2D eigenvalue weighted by atomic mass is 79.9. The Hall–Kier alpha value is -0.480. The van der Waals surface area contributed by atoms with Crippen molar-refractivity contribution in [1.82, 2.24) is 5.32 Å². The van der Waals surface area contributed by atoms with Gasteiger partial charge in [0.05, 0.1) is 4.47 Å². The fraction of sp³-hybridized carbons (Fsp3) is 0.600. The second-order valence-corrected chi connectivity index (χ2v) is 6.37. The molecule has 0 radical (unpaired) electrons. The van der Waals surface area contributed by atoms with Crippen LogP contribution in [0.4, 0.5) is 8.78 Å². The van der Waals surface area contributed by atoms with Crippen LogP contribution in [0.1, 0.15) is 32.8 Å². The first-order chi connectivity index (χ1) is 8.91. The van der Waals surface area contributed by atoms with Gasteiger partial charge in [-0.3, -0.25) is 0 Å². The van der Waals surface area contributed by atoms with E-state index in [1.807, 2.05) is 0 Å². The summed E-state index contributed by atoms with van der Waals surface area (Å²) in [6.45, 7) is 8.27. The first-order valence-electron chi connectivity index (χ1n) is 6.75. The van der Waals surface area contributed by atoms with E-state index in [1.165, 1.54) is 12.1 Å². The quantitative estimate of drug-likeness (QED) is 0.722. The van der Waals surface area contributed by atoms with Crippen molar-refractivity contribution >= 4 is 15.9 Å². The predicted molar refractivity (Wildman–Crippen MR) is 79.3 cm³/mol. The molecule has 19 heavy (non-hydrogen) atoms. The predicted octanol–water partition coefficient (Wildman–Crippen LogP) is 4.54. The minimum atomic E-state index is -0.470. The van der Waals surface area contributed by atoms with Crippen LogP contribution in [0, 0.1) is 23.5 Å². The molecule has 1 N–H and O–H groups in total. The molecule has 1 aromatic rings. The van der Waals surface area contributed by atoms with Crippen molar-refractivity contribution in [2.75, 3.05) is 13.1 Å². The molecule has 1 nitrogen and oxygen atoms in total. The Morgan fingerprint density at radius 3 is 2.47 bits per heavy atom. The molecule has 0 spiro atoms. The van der Waals surface area contributed by atoms with Crippen LogP contribution in [0.3, 0.4) is 0 Å². The largest absolute Gasteiger partial charge is 0.316 e. The summed E-state index contributed by atoms with van der Waals surface area (Å²) in [4.78, 5) is 0. The molecule has 0 saturated carbocycles. The van der Waals surface area contributed by atoms with E-state index in [2.05, 4.69) is 42.0 Å². The molecule has 0 fully saturated rings. The maximum Gasteiger partial charge on any atom is 0.143 e. The van der Waals surface area contributed by atoms with E-state index < -0.39 is 11.6 Å². The molecule has 1 rings (SSSR count). The molecule has 0 saturated heterocycles. The Kier molecular flexibility index (Phi) is 6.94. The third-order valence-electron chi connectivity index (χ3n) is 3.07. The highest BCUT2D eigenvalue weighted by Gasteiger charge is 2.13. The second-order valence-electron chi connectivity index (χ2n) is 5.52. The average Bonchev–Trinajstić information content (AvgIpc) is 2.33. The molecule has 108 valence electrons. The van der Waals surface area contributed by atoms with Crippen LogP contribution in [0.25, 0.3) is 0 Å². The topological polar surface area (TPSA) is 12.0 Å². The van der Waals surface area contributed by atoms with Gasteiger partial charge in [0.1, 0.15) is 11.6 Å². The van der Waals surface area contributed by atoms with Crippen LogP contribution in [0.2, 0.25) is 0 Å². The fourth-order valence-electron chi connectivity index (χ4n) is 1.91. The molecular formula is C15H22BrF2N. The van der Waals surface area contributed by atoms with Gasteiger partial charge in [-0.05, 0) is 65.8 Å². The van der Waals surface area contributed by atoms with Crippen molar-refractivity contribution in [3.63, 3.8) is 0 Å². The van der Waals surface area contributed by atoms with Gasteiger partial charge in [-0.2, -0.15) is 0 Å². The number of benzene rings is 1. The Bertz CT molecular complexity index is 407. The summed E-state index contributed by atoms with van der Waals surface area (Å²) in [6.07, 6.45) is 1.21. The van der Waals surface area contributed by atoms with Gasteiger partial charge in [-0.25, -0.2) is 8.78 Å². The summed E-state index contributed by atoms with van der Waals surface area (Å²) in [7, 11) is 0. The lowest BCUT2D eigenvalue weighted by Gasteiger charge is -2.14. The Labute approximate surface area is 122 Å². The van der Waals surface area contributed by atoms with E-state index in [1.54, 1.807) is 0 Å².